The number of phenolic OH excluding ortho intramolecular Hbond substituents is 1. The van der Waals surface area contributed by atoms with Crippen LogP contribution < -0.4 is 10.1 Å². The van der Waals surface area contributed by atoms with Crippen LogP contribution in [0, 0.1) is 13.8 Å². The van der Waals surface area contributed by atoms with Gasteiger partial charge >= 0.3 is 0 Å². The maximum absolute atomic E-state index is 12.3. The van der Waals surface area contributed by atoms with Gasteiger partial charge in [-0.05, 0) is 79.4 Å². The molecule has 0 unspecified atom stereocenters. The predicted molar refractivity (Wildman–Crippen MR) is 162 cm³/mol. The summed E-state index contributed by atoms with van der Waals surface area (Å²) >= 11 is 0. The molecule has 0 saturated heterocycles. The Morgan fingerprint density at radius 1 is 0.762 bits per heavy atom. The van der Waals surface area contributed by atoms with Gasteiger partial charge in [0, 0.05) is 22.8 Å². The molecule has 5 rings (SSSR count). The van der Waals surface area contributed by atoms with Crippen LogP contribution in [-0.4, -0.2) is 25.2 Å². The minimum absolute atomic E-state index is 0.257. The second-order valence-electron chi connectivity index (χ2n) is 9.52. The van der Waals surface area contributed by atoms with E-state index in [1.165, 1.54) is 13.2 Å². The zero-order valence-electron chi connectivity index (χ0n) is 23.0. The van der Waals surface area contributed by atoms with E-state index in [1.807, 2.05) is 61.5 Å². The molecule has 5 aromatic rings. The van der Waals surface area contributed by atoms with Gasteiger partial charge in [-0.15, -0.1) is 10.2 Å². The fraction of sp³-hybridized carbons (Fsp3) is 0.0968. The third-order valence-corrected chi connectivity index (χ3v) is 7.32. The number of para-hydroxylation sites is 1. The molecule has 0 aliphatic rings. The van der Waals surface area contributed by atoms with E-state index < -0.39 is 26.5 Å². The second kappa shape index (κ2) is 11.8. The fourth-order valence-electron chi connectivity index (χ4n) is 4.25. The Kier molecular flexibility index (Phi) is 7.96. The molecule has 11 heteroatoms. The SMILES string of the molecule is COc1cc(N=Nc2ccc(C)cc2)c(C)cc1N=Nc1c(S(=O)(=O)O)cc2cc(Nc3ccccc3)ccc2c1O. The first-order valence-corrected chi connectivity index (χ1v) is 14.2. The van der Waals surface area contributed by atoms with Gasteiger partial charge in [-0.25, -0.2) is 0 Å². The van der Waals surface area contributed by atoms with Gasteiger partial charge in [0.05, 0.1) is 18.5 Å². The topological polar surface area (TPSA) is 145 Å². The standard InChI is InChI=1S/C31H27N5O5S/c1-19-9-11-23(12-10-19)33-34-26-18-28(41-3)27(15-20(26)2)35-36-30-29(42(38,39)40)17-21-16-24(13-14-25(21)31(30)37)32-22-7-5-4-6-8-22/h4-18,32,37H,1-3H3,(H,38,39,40). The molecule has 0 atom stereocenters. The number of nitrogens with zero attached hydrogens (tertiary/aromatic N) is 4. The quantitative estimate of drug-likeness (QED) is 0.123. The van der Waals surface area contributed by atoms with Gasteiger partial charge in [-0.1, -0.05) is 35.9 Å². The molecule has 0 saturated carbocycles. The third-order valence-electron chi connectivity index (χ3n) is 6.45. The predicted octanol–water partition coefficient (Wildman–Crippen LogP) is 8.99. The summed E-state index contributed by atoms with van der Waals surface area (Å²) in [6, 6.07) is 26.5. The van der Waals surface area contributed by atoms with Gasteiger partial charge in [0.1, 0.15) is 22.0 Å². The van der Waals surface area contributed by atoms with Crippen LogP contribution >= 0.6 is 0 Å². The van der Waals surface area contributed by atoms with Crippen molar-refractivity contribution in [3.63, 3.8) is 0 Å². The number of methoxy groups -OCH3 is 1. The molecule has 3 N–H and O–H groups in total. The number of phenols is 1. The molecule has 0 radical (unpaired) electrons. The molecule has 10 nitrogen and oxygen atoms in total. The summed E-state index contributed by atoms with van der Waals surface area (Å²) in [5.74, 6) is -0.151. The molecule has 0 aromatic heterocycles. The van der Waals surface area contributed by atoms with Crippen molar-refractivity contribution in [2.45, 2.75) is 18.7 Å². The van der Waals surface area contributed by atoms with E-state index >= 15 is 0 Å². The van der Waals surface area contributed by atoms with E-state index in [0.29, 0.717) is 39.1 Å². The lowest BCUT2D eigenvalue weighted by atomic mass is 10.1. The number of ether oxygens (including phenoxy) is 1. The molecule has 0 heterocycles. The van der Waals surface area contributed by atoms with Crippen LogP contribution in [0.1, 0.15) is 11.1 Å². The minimum atomic E-state index is -4.78. The number of aromatic hydroxyl groups is 1. The summed E-state index contributed by atoms with van der Waals surface area (Å²) in [6.07, 6.45) is 0. The first kappa shape index (κ1) is 28.4. The molecular formula is C31H27N5O5S. The van der Waals surface area contributed by atoms with Gasteiger partial charge in [0.15, 0.2) is 5.75 Å². The van der Waals surface area contributed by atoms with E-state index in [-0.39, 0.29) is 5.69 Å². The maximum atomic E-state index is 12.3. The largest absolute Gasteiger partial charge is 0.505 e. The lowest BCUT2D eigenvalue weighted by Crippen LogP contribution is -1.99. The number of anilines is 2. The molecule has 0 fully saturated rings. The number of nitrogens with one attached hydrogen (secondary N) is 1. The van der Waals surface area contributed by atoms with Crippen molar-refractivity contribution < 1.29 is 22.8 Å². The van der Waals surface area contributed by atoms with Crippen LogP contribution in [0.2, 0.25) is 0 Å². The van der Waals surface area contributed by atoms with E-state index in [2.05, 4.69) is 25.8 Å². The molecule has 212 valence electrons. The molecular weight excluding hydrogens is 554 g/mol. The Labute approximate surface area is 242 Å². The van der Waals surface area contributed by atoms with Crippen molar-refractivity contribution in [3.8, 4) is 11.5 Å². The lowest BCUT2D eigenvalue weighted by Gasteiger charge is -2.12. The van der Waals surface area contributed by atoms with E-state index in [9.17, 15) is 18.1 Å². The molecule has 0 aliphatic heterocycles. The van der Waals surface area contributed by atoms with E-state index in [4.69, 9.17) is 4.74 Å². The number of rotatable bonds is 8. The first-order valence-electron chi connectivity index (χ1n) is 12.8. The highest BCUT2D eigenvalue weighted by Gasteiger charge is 2.22. The average Bonchev–Trinajstić information content (AvgIpc) is 2.97. The molecule has 42 heavy (non-hydrogen) atoms. The normalized spacial score (nSPS) is 11.9. The first-order chi connectivity index (χ1) is 20.1. The Bertz CT molecular complexity index is 1940. The summed E-state index contributed by atoms with van der Waals surface area (Å²) < 4.78 is 40.2. The van der Waals surface area contributed by atoms with Gasteiger partial charge in [0.25, 0.3) is 10.1 Å². The number of fused-ring (bicyclic) bond motifs is 1. The van der Waals surface area contributed by atoms with Gasteiger partial charge < -0.3 is 15.2 Å². The van der Waals surface area contributed by atoms with E-state index in [1.54, 1.807) is 37.3 Å². The lowest BCUT2D eigenvalue weighted by molar-refractivity contribution is 0.416. The number of azo groups is 2. The van der Waals surface area contributed by atoms with Crippen LogP contribution in [-0.2, 0) is 10.1 Å². The zero-order chi connectivity index (χ0) is 29.9. The second-order valence-corrected chi connectivity index (χ2v) is 10.9. The van der Waals surface area contributed by atoms with E-state index in [0.717, 1.165) is 11.3 Å². The van der Waals surface area contributed by atoms with Gasteiger partial charge in [-0.3, -0.25) is 4.55 Å². The number of benzene rings is 5. The Hall–Kier alpha value is -5.13. The maximum Gasteiger partial charge on any atom is 0.296 e. The fourth-order valence-corrected chi connectivity index (χ4v) is 4.91. The minimum Gasteiger partial charge on any atom is -0.505 e. The highest BCUT2D eigenvalue weighted by atomic mass is 32.2. The van der Waals surface area contributed by atoms with Crippen molar-refractivity contribution in [2.24, 2.45) is 20.5 Å². The van der Waals surface area contributed by atoms with Crippen molar-refractivity contribution in [3.05, 3.63) is 102 Å². The highest BCUT2D eigenvalue weighted by molar-refractivity contribution is 7.86. The third kappa shape index (κ3) is 6.27. The van der Waals surface area contributed by atoms with Crippen LogP contribution in [0.25, 0.3) is 10.8 Å². The van der Waals surface area contributed by atoms with Gasteiger partial charge in [-0.2, -0.15) is 18.6 Å². The summed E-state index contributed by atoms with van der Waals surface area (Å²) in [5, 5.41) is 31.8. The number of hydrogen-bond acceptors (Lipinski definition) is 9. The average molecular weight is 582 g/mol. The van der Waals surface area contributed by atoms with Crippen LogP contribution in [0.4, 0.5) is 34.1 Å². The molecule has 5 aromatic carbocycles. The summed E-state index contributed by atoms with van der Waals surface area (Å²) in [5.41, 5.74) is 4.38. The van der Waals surface area contributed by atoms with Crippen molar-refractivity contribution >= 4 is 55.0 Å². The number of hydrogen-bond donors (Lipinski definition) is 3. The summed E-state index contributed by atoms with van der Waals surface area (Å²) in [4.78, 5) is -0.590. The highest BCUT2D eigenvalue weighted by Crippen LogP contribution is 2.43. The number of aryl methyl sites for hydroxylation is 2. The van der Waals surface area contributed by atoms with Crippen molar-refractivity contribution in [2.75, 3.05) is 12.4 Å². The molecule has 0 spiro atoms. The smallest absolute Gasteiger partial charge is 0.296 e. The summed E-state index contributed by atoms with van der Waals surface area (Å²) in [7, 11) is -3.34. The monoisotopic (exact) mass is 581 g/mol. The van der Waals surface area contributed by atoms with Crippen molar-refractivity contribution in [1.29, 1.82) is 0 Å². The molecule has 0 amide bonds. The molecule has 0 bridgehead atoms. The van der Waals surface area contributed by atoms with Gasteiger partial charge in [0.2, 0.25) is 0 Å². The molecule has 0 aliphatic carbocycles. The van der Waals surface area contributed by atoms with Crippen LogP contribution in [0.15, 0.2) is 116 Å². The zero-order valence-corrected chi connectivity index (χ0v) is 23.8. The van der Waals surface area contributed by atoms with Crippen LogP contribution in [0.5, 0.6) is 11.5 Å². The Balaban J connectivity index is 1.52. The Morgan fingerprint density at radius 2 is 1.48 bits per heavy atom. The summed E-state index contributed by atoms with van der Waals surface area (Å²) in [6.45, 7) is 3.79. The van der Waals surface area contributed by atoms with Crippen molar-refractivity contribution in [1.82, 2.24) is 0 Å². The van der Waals surface area contributed by atoms with Crippen LogP contribution in [0.3, 0.4) is 0 Å². The Morgan fingerprint density at radius 3 is 2.17 bits per heavy atom.